The van der Waals surface area contributed by atoms with Gasteiger partial charge in [0.15, 0.2) is 0 Å². The van der Waals surface area contributed by atoms with Gasteiger partial charge in [-0.15, -0.1) is 10.2 Å². The Morgan fingerprint density at radius 2 is 1.93 bits per heavy atom. The molecular weight excluding hydrogens is 406 g/mol. The standard InChI is InChI=1S/C21H22ClN5OS/c22-18-5-3-15(4-6-18)12-19-25-26-21(29-19)27-10-7-17(8-11-27)20(28)24-14-16-2-1-9-23-13-16/h1-6,9,13,17H,7-8,10-12,14H2,(H,24,28). The first-order valence-corrected chi connectivity index (χ1v) is 10.9. The predicted molar refractivity (Wildman–Crippen MR) is 115 cm³/mol. The third-order valence-electron chi connectivity index (χ3n) is 5.05. The van der Waals surface area contributed by atoms with E-state index in [2.05, 4.69) is 25.4 Å². The monoisotopic (exact) mass is 427 g/mol. The number of hydrogen-bond acceptors (Lipinski definition) is 6. The van der Waals surface area contributed by atoms with Crippen LogP contribution < -0.4 is 10.2 Å². The van der Waals surface area contributed by atoms with Gasteiger partial charge in [0.2, 0.25) is 11.0 Å². The Morgan fingerprint density at radius 1 is 1.14 bits per heavy atom. The number of rotatable bonds is 6. The predicted octanol–water partition coefficient (Wildman–Crippen LogP) is 3.71. The average Bonchev–Trinajstić information content (AvgIpc) is 3.23. The lowest BCUT2D eigenvalue weighted by atomic mass is 9.96. The van der Waals surface area contributed by atoms with Crippen LogP contribution in [0.5, 0.6) is 0 Å². The van der Waals surface area contributed by atoms with Gasteiger partial charge < -0.3 is 10.2 Å². The summed E-state index contributed by atoms with van der Waals surface area (Å²) in [5, 5.41) is 14.4. The molecule has 1 N–H and O–H groups in total. The number of benzene rings is 1. The van der Waals surface area contributed by atoms with Crippen molar-refractivity contribution >= 4 is 34.0 Å². The van der Waals surface area contributed by atoms with Crippen molar-refractivity contribution in [2.45, 2.75) is 25.8 Å². The van der Waals surface area contributed by atoms with Crippen LogP contribution in [0.3, 0.4) is 0 Å². The summed E-state index contributed by atoms with van der Waals surface area (Å²) >= 11 is 7.56. The van der Waals surface area contributed by atoms with Gasteiger partial charge in [0, 0.05) is 49.4 Å². The van der Waals surface area contributed by atoms with Crippen molar-refractivity contribution in [3.05, 3.63) is 69.9 Å². The first kappa shape index (κ1) is 19.8. The first-order valence-electron chi connectivity index (χ1n) is 9.66. The van der Waals surface area contributed by atoms with Crippen molar-refractivity contribution in [1.82, 2.24) is 20.5 Å². The number of halogens is 1. The highest BCUT2D eigenvalue weighted by molar-refractivity contribution is 7.15. The summed E-state index contributed by atoms with van der Waals surface area (Å²) in [5.41, 5.74) is 2.18. The molecule has 0 spiro atoms. The highest BCUT2D eigenvalue weighted by atomic mass is 35.5. The fraction of sp³-hybridized carbons (Fsp3) is 0.333. The zero-order valence-electron chi connectivity index (χ0n) is 15.9. The van der Waals surface area contributed by atoms with Crippen molar-refractivity contribution in [3.63, 3.8) is 0 Å². The number of nitrogens with zero attached hydrogens (tertiary/aromatic N) is 4. The molecule has 3 heterocycles. The van der Waals surface area contributed by atoms with Crippen LogP contribution in [-0.2, 0) is 17.8 Å². The Morgan fingerprint density at radius 3 is 2.66 bits per heavy atom. The number of aromatic nitrogens is 3. The molecule has 1 saturated heterocycles. The van der Waals surface area contributed by atoms with E-state index >= 15 is 0 Å². The summed E-state index contributed by atoms with van der Waals surface area (Å²) in [6.07, 6.45) is 5.91. The van der Waals surface area contributed by atoms with E-state index in [1.54, 1.807) is 23.7 Å². The molecule has 1 amide bonds. The van der Waals surface area contributed by atoms with Gasteiger partial charge in [-0.05, 0) is 42.2 Å². The lowest BCUT2D eigenvalue weighted by Gasteiger charge is -2.30. The molecule has 0 bridgehead atoms. The lowest BCUT2D eigenvalue weighted by molar-refractivity contribution is -0.125. The van der Waals surface area contributed by atoms with Crippen LogP contribution in [0.4, 0.5) is 5.13 Å². The molecule has 0 atom stereocenters. The number of hydrogen-bond donors (Lipinski definition) is 1. The molecule has 0 aliphatic carbocycles. The van der Waals surface area contributed by atoms with Gasteiger partial charge in [0.1, 0.15) is 5.01 Å². The molecule has 3 aromatic rings. The number of carbonyl (C=O) groups is 1. The molecule has 0 unspecified atom stereocenters. The van der Waals surface area contributed by atoms with E-state index in [1.807, 2.05) is 36.4 Å². The van der Waals surface area contributed by atoms with Gasteiger partial charge in [-0.25, -0.2) is 0 Å². The minimum Gasteiger partial charge on any atom is -0.352 e. The van der Waals surface area contributed by atoms with Crippen molar-refractivity contribution in [2.24, 2.45) is 5.92 Å². The number of amides is 1. The van der Waals surface area contributed by atoms with Crippen molar-refractivity contribution in [2.75, 3.05) is 18.0 Å². The molecule has 29 heavy (non-hydrogen) atoms. The highest BCUT2D eigenvalue weighted by Gasteiger charge is 2.26. The Balaban J connectivity index is 1.26. The van der Waals surface area contributed by atoms with E-state index in [0.29, 0.717) is 6.54 Å². The minimum atomic E-state index is 0.0457. The summed E-state index contributed by atoms with van der Waals surface area (Å²) in [5.74, 6) is 0.165. The number of nitrogens with one attached hydrogen (secondary N) is 1. The topological polar surface area (TPSA) is 71.0 Å². The van der Waals surface area contributed by atoms with Crippen LogP contribution in [0, 0.1) is 5.92 Å². The van der Waals surface area contributed by atoms with Crippen molar-refractivity contribution < 1.29 is 4.79 Å². The van der Waals surface area contributed by atoms with E-state index in [4.69, 9.17) is 11.6 Å². The molecule has 8 heteroatoms. The quantitative estimate of drug-likeness (QED) is 0.649. The van der Waals surface area contributed by atoms with Gasteiger partial charge >= 0.3 is 0 Å². The lowest BCUT2D eigenvalue weighted by Crippen LogP contribution is -2.40. The van der Waals surface area contributed by atoms with Gasteiger partial charge in [-0.3, -0.25) is 9.78 Å². The second-order valence-corrected chi connectivity index (χ2v) is 8.60. The second-order valence-electron chi connectivity index (χ2n) is 7.12. The largest absolute Gasteiger partial charge is 0.352 e. The summed E-state index contributed by atoms with van der Waals surface area (Å²) in [6.45, 7) is 2.17. The highest BCUT2D eigenvalue weighted by Crippen LogP contribution is 2.27. The zero-order chi connectivity index (χ0) is 20.1. The normalized spacial score (nSPS) is 14.7. The van der Waals surface area contributed by atoms with Crippen LogP contribution in [0.2, 0.25) is 5.02 Å². The molecule has 1 aliphatic rings. The maximum atomic E-state index is 12.5. The number of pyridine rings is 1. The first-order chi connectivity index (χ1) is 14.2. The van der Waals surface area contributed by atoms with Crippen LogP contribution in [0.1, 0.15) is 29.0 Å². The van der Waals surface area contributed by atoms with E-state index < -0.39 is 0 Å². The van der Waals surface area contributed by atoms with Gasteiger partial charge in [-0.2, -0.15) is 0 Å². The molecule has 1 aromatic carbocycles. The maximum absolute atomic E-state index is 12.5. The van der Waals surface area contributed by atoms with Crippen LogP contribution >= 0.6 is 22.9 Å². The van der Waals surface area contributed by atoms with Crippen molar-refractivity contribution in [3.8, 4) is 0 Å². The fourth-order valence-corrected chi connectivity index (χ4v) is 4.44. The number of anilines is 1. The van der Waals surface area contributed by atoms with E-state index in [1.165, 1.54) is 5.56 Å². The van der Waals surface area contributed by atoms with Crippen LogP contribution in [0.25, 0.3) is 0 Å². The summed E-state index contributed by atoms with van der Waals surface area (Å²) in [4.78, 5) is 18.8. The maximum Gasteiger partial charge on any atom is 0.223 e. The molecule has 1 aliphatic heterocycles. The zero-order valence-corrected chi connectivity index (χ0v) is 17.5. The molecular formula is C21H22ClN5OS. The summed E-state index contributed by atoms with van der Waals surface area (Å²) in [6, 6.07) is 11.7. The fourth-order valence-electron chi connectivity index (χ4n) is 3.39. The molecule has 150 valence electrons. The third kappa shape index (κ3) is 5.31. The molecule has 6 nitrogen and oxygen atoms in total. The Hall–Kier alpha value is -2.51. The number of carbonyl (C=O) groups excluding carboxylic acids is 1. The van der Waals surface area contributed by atoms with Gasteiger partial charge in [0.25, 0.3) is 0 Å². The summed E-state index contributed by atoms with van der Waals surface area (Å²) < 4.78 is 0. The van der Waals surface area contributed by atoms with E-state index in [-0.39, 0.29) is 11.8 Å². The Kier molecular flexibility index (Phi) is 6.36. The minimum absolute atomic E-state index is 0.0457. The van der Waals surface area contributed by atoms with Crippen LogP contribution in [0.15, 0.2) is 48.8 Å². The molecule has 0 radical (unpaired) electrons. The summed E-state index contributed by atoms with van der Waals surface area (Å²) in [7, 11) is 0. The van der Waals surface area contributed by atoms with Gasteiger partial charge in [0.05, 0.1) is 0 Å². The molecule has 4 rings (SSSR count). The third-order valence-corrected chi connectivity index (χ3v) is 6.29. The average molecular weight is 428 g/mol. The van der Waals surface area contributed by atoms with E-state index in [9.17, 15) is 4.79 Å². The molecule has 0 saturated carbocycles. The Labute approximate surface area is 179 Å². The Bertz CT molecular complexity index is 939. The molecule has 2 aromatic heterocycles. The van der Waals surface area contributed by atoms with Gasteiger partial charge in [-0.1, -0.05) is 41.1 Å². The number of piperidine rings is 1. The van der Waals surface area contributed by atoms with Crippen molar-refractivity contribution in [1.29, 1.82) is 0 Å². The SMILES string of the molecule is O=C(NCc1cccnc1)C1CCN(c2nnc(Cc3ccc(Cl)cc3)s2)CC1. The van der Waals surface area contributed by atoms with E-state index in [0.717, 1.165) is 53.1 Å². The smallest absolute Gasteiger partial charge is 0.223 e. The van der Waals surface area contributed by atoms with Crippen LogP contribution in [-0.4, -0.2) is 34.2 Å². The molecule has 1 fully saturated rings. The second kappa shape index (κ2) is 9.33.